The Labute approximate surface area is 382 Å². The number of carboxylic acid groups (broad SMARTS) is 1. The number of aliphatic hydroxyl groups excluding tert-OH is 2. The van der Waals surface area contributed by atoms with E-state index in [1.807, 2.05) is 0 Å². The van der Waals surface area contributed by atoms with Crippen molar-refractivity contribution in [2.45, 2.75) is 140 Å². The Hall–Kier alpha value is -5.99. The van der Waals surface area contributed by atoms with Gasteiger partial charge in [0.05, 0.1) is 37.9 Å². The van der Waals surface area contributed by atoms with Crippen LogP contribution in [0.4, 0.5) is 0 Å². The van der Waals surface area contributed by atoms with E-state index in [2.05, 4.69) is 47.9 Å². The number of amides is 10. The minimum absolute atomic E-state index is 0.0849. The second-order valence-electron chi connectivity index (χ2n) is 16.8. The van der Waals surface area contributed by atoms with Crippen LogP contribution >= 0.6 is 0 Å². The quantitative estimate of drug-likeness (QED) is 0.0324. The Bertz CT molecular complexity index is 1750. The van der Waals surface area contributed by atoms with Crippen LogP contribution in [0.2, 0.25) is 0 Å². The van der Waals surface area contributed by atoms with Crippen LogP contribution in [0.15, 0.2) is 0 Å². The number of likely N-dealkylation sites (tertiary alicyclic amines) is 1. The van der Waals surface area contributed by atoms with Crippen LogP contribution < -0.4 is 59.3 Å². The van der Waals surface area contributed by atoms with Gasteiger partial charge in [-0.1, -0.05) is 13.8 Å². The highest BCUT2D eigenvalue weighted by Gasteiger charge is 2.37. The third-order valence-electron chi connectivity index (χ3n) is 10.6. The topological polar surface area (TPSA) is 412 Å². The Morgan fingerprint density at radius 3 is 1.92 bits per heavy atom. The van der Waals surface area contributed by atoms with E-state index in [1.54, 1.807) is 13.8 Å². The third kappa shape index (κ3) is 19.6. The van der Waals surface area contributed by atoms with Gasteiger partial charge in [0.25, 0.3) is 0 Å². The van der Waals surface area contributed by atoms with Gasteiger partial charge >= 0.3 is 5.97 Å². The number of unbranched alkanes of at least 4 members (excludes halogenated alkanes) is 1. The molecular weight excluding hydrogens is 873 g/mol. The predicted molar refractivity (Wildman–Crippen MR) is 232 cm³/mol. The number of rotatable bonds is 28. The number of carbonyl (C=O) groups excluding carboxylic acids is 10. The van der Waals surface area contributed by atoms with Gasteiger partial charge in [-0.2, -0.15) is 0 Å². The Kier molecular flexibility index (Phi) is 23.9. The highest BCUT2D eigenvalue weighted by atomic mass is 16.4. The van der Waals surface area contributed by atoms with Crippen LogP contribution in [0.1, 0.15) is 85.5 Å². The molecule has 2 aliphatic heterocycles. The second kappa shape index (κ2) is 28.1. The summed E-state index contributed by atoms with van der Waals surface area (Å²) in [6.45, 7) is 4.92. The van der Waals surface area contributed by atoms with E-state index in [1.165, 1.54) is 11.8 Å². The summed E-state index contributed by atoms with van der Waals surface area (Å²) in [7, 11) is 0. The molecule has 0 aliphatic carbocycles. The zero-order valence-corrected chi connectivity index (χ0v) is 37.8. The van der Waals surface area contributed by atoms with Gasteiger partial charge < -0.3 is 79.5 Å². The monoisotopic (exact) mass is 940 g/mol. The molecule has 2 saturated heterocycles. The number of nitrogens with one attached hydrogen (secondary N) is 9. The number of carboxylic acids is 1. The van der Waals surface area contributed by atoms with E-state index in [4.69, 9.17) is 11.5 Å². The van der Waals surface area contributed by atoms with E-state index in [9.17, 15) is 68.1 Å². The molecular formula is C40H68N12O14. The number of primary amides is 1. The maximum absolute atomic E-state index is 13.3. The van der Waals surface area contributed by atoms with Crippen molar-refractivity contribution in [3.8, 4) is 0 Å². The van der Waals surface area contributed by atoms with Crippen LogP contribution in [0.3, 0.4) is 0 Å². The minimum atomic E-state index is -1.69. The zero-order valence-electron chi connectivity index (χ0n) is 37.8. The molecule has 26 nitrogen and oxygen atoms in total. The summed E-state index contributed by atoms with van der Waals surface area (Å²) in [4.78, 5) is 141. The fourth-order valence-electron chi connectivity index (χ4n) is 7.05. The number of nitrogens with two attached hydrogens (primary N) is 2. The largest absolute Gasteiger partial charge is 0.480 e. The summed E-state index contributed by atoms with van der Waals surface area (Å²) in [5.41, 5.74) is 10.7. The molecule has 0 spiro atoms. The molecule has 9 atom stereocenters. The van der Waals surface area contributed by atoms with Gasteiger partial charge in [0.1, 0.15) is 36.3 Å². The number of β-amino-alcohol motifs (C(OH)–C–C–N with tert-alkyl or cyclic N) is 1. The minimum Gasteiger partial charge on any atom is -0.480 e. The van der Waals surface area contributed by atoms with Gasteiger partial charge in [0, 0.05) is 19.5 Å². The van der Waals surface area contributed by atoms with Gasteiger partial charge in [0.15, 0.2) is 0 Å². The first kappa shape index (κ1) is 56.1. The second-order valence-corrected chi connectivity index (χ2v) is 16.8. The maximum Gasteiger partial charge on any atom is 0.326 e. The average molecular weight is 941 g/mol. The fraction of sp³-hybridized carbons (Fsp3) is 0.725. The summed E-state index contributed by atoms with van der Waals surface area (Å²) < 4.78 is 0. The van der Waals surface area contributed by atoms with Crippen molar-refractivity contribution in [3.63, 3.8) is 0 Å². The summed E-state index contributed by atoms with van der Waals surface area (Å²) in [6, 6.07) is -8.41. The molecule has 16 N–H and O–H groups in total. The first-order valence-corrected chi connectivity index (χ1v) is 22.0. The zero-order chi connectivity index (χ0) is 49.7. The first-order valence-electron chi connectivity index (χ1n) is 22.0. The van der Waals surface area contributed by atoms with Crippen molar-refractivity contribution in [2.75, 3.05) is 39.3 Å². The normalized spacial score (nSPS) is 19.5. The number of hydrogen-bond donors (Lipinski definition) is 14. The summed E-state index contributed by atoms with van der Waals surface area (Å²) in [5, 5.41) is 51.4. The van der Waals surface area contributed by atoms with Gasteiger partial charge in [-0.25, -0.2) is 4.79 Å². The van der Waals surface area contributed by atoms with Gasteiger partial charge in [-0.15, -0.1) is 0 Å². The highest BCUT2D eigenvalue weighted by molar-refractivity contribution is 5.97. The van der Waals surface area contributed by atoms with Crippen LogP contribution in [-0.2, 0) is 52.7 Å². The van der Waals surface area contributed by atoms with E-state index in [-0.39, 0.29) is 57.5 Å². The SMILES string of the molecule is CC(C)C[C@H](NC(=O)CNC(=O)[C@@H](NC(=O)[C@H](CCC(N)=O)NC(=O)CNC(=O)[C@@H]1C[C@@H](O)CN1)C(C)O)C(=O)N[C@@H](C)C(=O)NCC(=O)N1CCC[C@H]1C(=O)N[C@@H](CCCCN)C(=O)O. The lowest BCUT2D eigenvalue weighted by Crippen LogP contribution is -2.59. The number of hydrogen-bond acceptors (Lipinski definition) is 15. The van der Waals surface area contributed by atoms with Crippen molar-refractivity contribution in [1.82, 2.24) is 52.8 Å². The van der Waals surface area contributed by atoms with Crippen molar-refractivity contribution < 1.29 is 68.1 Å². The van der Waals surface area contributed by atoms with Crippen LogP contribution in [0.25, 0.3) is 0 Å². The highest BCUT2D eigenvalue weighted by Crippen LogP contribution is 2.18. The molecule has 0 aromatic heterocycles. The van der Waals surface area contributed by atoms with Crippen LogP contribution in [0, 0.1) is 5.92 Å². The molecule has 372 valence electrons. The number of aliphatic carboxylic acids is 1. The Morgan fingerprint density at radius 2 is 1.35 bits per heavy atom. The molecule has 1 unspecified atom stereocenters. The molecule has 0 aromatic carbocycles. The van der Waals surface area contributed by atoms with Crippen molar-refractivity contribution in [3.05, 3.63) is 0 Å². The molecule has 2 aliphatic rings. The lowest BCUT2D eigenvalue weighted by atomic mass is 10.0. The molecule has 0 radical (unpaired) electrons. The number of nitrogens with zero attached hydrogens (tertiary/aromatic N) is 1. The van der Waals surface area contributed by atoms with Crippen LogP contribution in [-0.4, -0.2) is 179 Å². The summed E-state index contributed by atoms with van der Waals surface area (Å²) in [5.74, 6) is -9.31. The molecule has 26 heteroatoms. The van der Waals surface area contributed by atoms with E-state index < -0.39 is 139 Å². The summed E-state index contributed by atoms with van der Waals surface area (Å²) in [6.07, 6.45) is -0.783. The maximum atomic E-state index is 13.3. The van der Waals surface area contributed by atoms with Crippen molar-refractivity contribution >= 4 is 65.0 Å². The molecule has 2 fully saturated rings. The number of aliphatic hydroxyl groups is 2. The fourth-order valence-corrected chi connectivity index (χ4v) is 7.05. The molecule has 2 rings (SSSR count). The molecule has 66 heavy (non-hydrogen) atoms. The lowest BCUT2D eigenvalue weighted by molar-refractivity contribution is -0.144. The molecule has 0 aromatic rings. The molecule has 0 bridgehead atoms. The Balaban J connectivity index is 1.95. The van der Waals surface area contributed by atoms with E-state index in [0.717, 1.165) is 6.92 Å². The van der Waals surface area contributed by atoms with E-state index in [0.29, 0.717) is 25.8 Å². The number of carbonyl (C=O) groups is 11. The Morgan fingerprint density at radius 1 is 0.727 bits per heavy atom. The lowest BCUT2D eigenvalue weighted by Gasteiger charge is -2.26. The molecule has 0 saturated carbocycles. The van der Waals surface area contributed by atoms with Gasteiger partial charge in [-0.3, -0.25) is 47.9 Å². The van der Waals surface area contributed by atoms with E-state index >= 15 is 0 Å². The molecule has 2 heterocycles. The first-order chi connectivity index (χ1) is 31.0. The predicted octanol–water partition coefficient (Wildman–Crippen LogP) is -6.60. The van der Waals surface area contributed by atoms with Gasteiger partial charge in [0.2, 0.25) is 59.1 Å². The van der Waals surface area contributed by atoms with Gasteiger partial charge in [-0.05, 0) is 77.7 Å². The average Bonchev–Trinajstić information content (AvgIpc) is 3.93. The van der Waals surface area contributed by atoms with Crippen LogP contribution in [0.5, 0.6) is 0 Å². The molecule has 10 amide bonds. The third-order valence-corrected chi connectivity index (χ3v) is 10.6. The van der Waals surface area contributed by atoms with Crippen molar-refractivity contribution in [1.29, 1.82) is 0 Å². The summed E-state index contributed by atoms with van der Waals surface area (Å²) >= 11 is 0. The standard InChI is InChI=1S/C40H68N12O14/c1-20(2)14-27(37(62)47-21(3)34(59)46-19-32(58)52-13-7-9-28(52)38(63)50-25(40(65)66)8-5-6-12-41)49-31(57)18-45-39(64)33(22(4)53)51-36(61)24(10-11-29(42)55)48-30(56)17-44-35(60)26-15-23(54)16-43-26/h20-28,33,43,53-54H,5-19,41H2,1-4H3,(H2,42,55)(H,44,60)(H,45,64)(H,46,59)(H,47,62)(H,48,56)(H,49,57)(H,50,63)(H,51,61)(H,65,66)/t21-,22?,23+,24-,25-,26-,27-,28-,33-/m0/s1. The van der Waals surface area contributed by atoms with Crippen molar-refractivity contribution in [2.24, 2.45) is 17.4 Å². The smallest absolute Gasteiger partial charge is 0.326 e.